The molecular weight excluding hydrogens is 203 g/mol. The lowest BCUT2D eigenvalue weighted by Gasteiger charge is -2.09. The van der Waals surface area contributed by atoms with Crippen molar-refractivity contribution >= 4 is 13.3 Å². The van der Waals surface area contributed by atoms with Gasteiger partial charge in [-0.1, -0.05) is 6.07 Å². The smallest absolute Gasteiger partial charge is 0.505 e. The number of ketones is 1. The summed E-state index contributed by atoms with van der Waals surface area (Å²) in [6.07, 6.45) is 0. The molecule has 0 amide bonds. The molecule has 0 fully saturated rings. The number of halogens is 2. The normalized spacial score (nSPS) is 9.87. The van der Waals surface area contributed by atoms with Gasteiger partial charge in [-0.25, -0.2) is 8.63 Å². The van der Waals surface area contributed by atoms with E-state index in [0.717, 1.165) is 5.56 Å². The maximum atomic E-state index is 12.0. The summed E-state index contributed by atoms with van der Waals surface area (Å²) in [5.41, 5.74) is 5.97. The molecule has 0 heterocycles. The lowest BCUT2D eigenvalue weighted by molar-refractivity contribution is 0.0999. The van der Waals surface area contributed by atoms with E-state index in [1.54, 1.807) is 13.0 Å². The van der Waals surface area contributed by atoms with Crippen LogP contribution in [-0.2, 0) is 0 Å². The van der Waals surface area contributed by atoms with Gasteiger partial charge in [-0.2, -0.15) is 0 Å². The number of nitrogens with two attached hydrogens (primary N) is 1. The number of hydrogen-bond acceptors (Lipinski definition) is 3. The van der Waals surface area contributed by atoms with Crippen molar-refractivity contribution in [3.63, 3.8) is 0 Å². The molecule has 0 aliphatic rings. The highest BCUT2D eigenvalue weighted by molar-refractivity contribution is 6.35. The van der Waals surface area contributed by atoms with Crippen LogP contribution in [-0.4, -0.2) is 19.8 Å². The quantitative estimate of drug-likeness (QED) is 0.608. The van der Waals surface area contributed by atoms with E-state index >= 15 is 0 Å². The third kappa shape index (κ3) is 3.02. The Kier molecular flexibility index (Phi) is 3.79. The van der Waals surface area contributed by atoms with Gasteiger partial charge in [0.15, 0.2) is 5.78 Å². The molecule has 0 unspecified atom stereocenters. The van der Waals surface area contributed by atoms with Crippen molar-refractivity contribution < 1.29 is 18.1 Å². The van der Waals surface area contributed by atoms with Crippen LogP contribution in [0.3, 0.4) is 0 Å². The predicted molar refractivity (Wildman–Crippen MR) is 53.2 cm³/mol. The second kappa shape index (κ2) is 4.88. The number of Topliss-reactive ketones (excluding diaryl/α,β-unsaturated/α-hetero) is 1. The van der Waals surface area contributed by atoms with Gasteiger partial charge in [0, 0.05) is 0 Å². The predicted octanol–water partition coefficient (Wildman–Crippen LogP) is 1.44. The van der Waals surface area contributed by atoms with Crippen LogP contribution in [0.2, 0.25) is 0 Å². The summed E-state index contributed by atoms with van der Waals surface area (Å²) in [6.45, 7) is 1.48. The number of carbonyl (C=O) groups is 1. The molecule has 0 atom stereocenters. The van der Waals surface area contributed by atoms with E-state index in [4.69, 9.17) is 5.73 Å². The van der Waals surface area contributed by atoms with Gasteiger partial charge < -0.3 is 10.4 Å². The number of rotatable bonds is 4. The Morgan fingerprint density at radius 3 is 2.73 bits per heavy atom. The maximum absolute atomic E-state index is 12.0. The van der Waals surface area contributed by atoms with E-state index in [9.17, 15) is 13.4 Å². The van der Waals surface area contributed by atoms with Crippen molar-refractivity contribution in [2.24, 2.45) is 5.73 Å². The van der Waals surface area contributed by atoms with Crippen LogP contribution < -0.4 is 10.4 Å². The number of carbonyl (C=O) groups excluding carboxylic acids is 1. The number of benzene rings is 1. The first kappa shape index (κ1) is 11.6. The molecule has 15 heavy (non-hydrogen) atoms. The fraction of sp³-hybridized carbons (Fsp3) is 0.222. The minimum atomic E-state index is -2.95. The lowest BCUT2D eigenvalue weighted by atomic mass is 10.1. The van der Waals surface area contributed by atoms with Crippen molar-refractivity contribution in [3.8, 4) is 5.75 Å². The van der Waals surface area contributed by atoms with Crippen LogP contribution in [0, 0.1) is 6.92 Å². The van der Waals surface area contributed by atoms with Gasteiger partial charge in [0.1, 0.15) is 5.75 Å². The van der Waals surface area contributed by atoms with Crippen molar-refractivity contribution in [1.29, 1.82) is 0 Å². The first-order valence-electron chi connectivity index (χ1n) is 4.33. The van der Waals surface area contributed by atoms with E-state index in [0.29, 0.717) is 0 Å². The molecule has 0 aliphatic carbocycles. The molecular formula is C9H10BF2NO2. The highest BCUT2D eigenvalue weighted by Gasteiger charge is 2.21. The van der Waals surface area contributed by atoms with Gasteiger partial charge in [0.25, 0.3) is 0 Å². The molecule has 80 valence electrons. The fourth-order valence-corrected chi connectivity index (χ4v) is 1.16. The summed E-state index contributed by atoms with van der Waals surface area (Å²) in [4.78, 5) is 11.3. The maximum Gasteiger partial charge on any atom is 0.796 e. The van der Waals surface area contributed by atoms with Crippen LogP contribution in [0.5, 0.6) is 5.75 Å². The summed E-state index contributed by atoms with van der Waals surface area (Å²) in [6, 6.07) is 4.46. The third-order valence-corrected chi connectivity index (χ3v) is 1.84. The zero-order chi connectivity index (χ0) is 11.4. The minimum absolute atomic E-state index is 0.0865. The lowest BCUT2D eigenvalue weighted by Crippen LogP contribution is -2.17. The molecule has 0 saturated carbocycles. The standard InChI is InChI=1S/C9H10BF2NO2/c1-6-2-3-7(8(14)5-13)9(4-6)15-10(11)12/h2-4H,5,13H2,1H3. The zero-order valence-corrected chi connectivity index (χ0v) is 8.17. The summed E-state index contributed by atoms with van der Waals surface area (Å²) in [5, 5.41) is 0. The van der Waals surface area contributed by atoms with Crippen molar-refractivity contribution in [1.82, 2.24) is 0 Å². The largest absolute Gasteiger partial charge is 0.796 e. The summed E-state index contributed by atoms with van der Waals surface area (Å²) < 4.78 is 28.3. The van der Waals surface area contributed by atoms with Gasteiger partial charge in [0.05, 0.1) is 12.1 Å². The highest BCUT2D eigenvalue weighted by Crippen LogP contribution is 2.21. The van der Waals surface area contributed by atoms with Crippen molar-refractivity contribution in [3.05, 3.63) is 29.3 Å². The molecule has 0 spiro atoms. The Bertz CT molecular complexity index is 371. The molecule has 1 rings (SSSR count). The molecule has 6 heteroatoms. The SMILES string of the molecule is Cc1ccc(C(=O)CN)c(OB(F)F)c1. The molecule has 2 N–H and O–H groups in total. The van der Waals surface area contributed by atoms with Crippen LogP contribution >= 0.6 is 0 Å². The van der Waals surface area contributed by atoms with E-state index in [2.05, 4.69) is 4.65 Å². The summed E-state index contributed by atoms with van der Waals surface area (Å²) in [5.74, 6) is -0.550. The van der Waals surface area contributed by atoms with Crippen LogP contribution in [0.4, 0.5) is 8.63 Å². The van der Waals surface area contributed by atoms with Crippen LogP contribution in [0.15, 0.2) is 18.2 Å². The van der Waals surface area contributed by atoms with Crippen molar-refractivity contribution in [2.45, 2.75) is 6.92 Å². The third-order valence-electron chi connectivity index (χ3n) is 1.84. The Morgan fingerprint density at radius 2 is 2.20 bits per heavy atom. The molecule has 1 aromatic rings. The monoisotopic (exact) mass is 213 g/mol. The first-order chi connectivity index (χ1) is 7.04. The molecule has 0 bridgehead atoms. The van der Waals surface area contributed by atoms with E-state index in [1.807, 2.05) is 0 Å². The average molecular weight is 213 g/mol. The van der Waals surface area contributed by atoms with Gasteiger partial charge >= 0.3 is 7.47 Å². The van der Waals surface area contributed by atoms with E-state index in [-0.39, 0.29) is 17.9 Å². The highest BCUT2D eigenvalue weighted by atomic mass is 19.2. The molecule has 1 aromatic carbocycles. The van der Waals surface area contributed by atoms with Crippen molar-refractivity contribution in [2.75, 3.05) is 6.54 Å². The first-order valence-corrected chi connectivity index (χ1v) is 4.33. The zero-order valence-electron chi connectivity index (χ0n) is 8.17. The Hall–Kier alpha value is -1.43. The van der Waals surface area contributed by atoms with E-state index < -0.39 is 13.3 Å². The number of hydrogen-bond donors (Lipinski definition) is 1. The van der Waals surface area contributed by atoms with Crippen LogP contribution in [0.25, 0.3) is 0 Å². The second-order valence-electron chi connectivity index (χ2n) is 3.01. The molecule has 0 radical (unpaired) electrons. The van der Waals surface area contributed by atoms with Gasteiger partial charge in [0.2, 0.25) is 0 Å². The topological polar surface area (TPSA) is 52.3 Å². The van der Waals surface area contributed by atoms with Gasteiger partial charge in [-0.3, -0.25) is 4.79 Å². The van der Waals surface area contributed by atoms with E-state index in [1.165, 1.54) is 12.1 Å². The molecule has 0 saturated heterocycles. The Labute approximate surface area is 86.4 Å². The summed E-state index contributed by atoms with van der Waals surface area (Å²) in [7, 11) is -2.95. The Morgan fingerprint density at radius 1 is 1.53 bits per heavy atom. The number of aryl methyl sites for hydroxylation is 1. The van der Waals surface area contributed by atoms with Crippen LogP contribution in [0.1, 0.15) is 15.9 Å². The van der Waals surface area contributed by atoms with Gasteiger partial charge in [-0.15, -0.1) is 0 Å². The Balaban J connectivity index is 3.08. The van der Waals surface area contributed by atoms with Gasteiger partial charge in [-0.05, 0) is 24.6 Å². The minimum Gasteiger partial charge on any atom is -0.505 e. The fourth-order valence-electron chi connectivity index (χ4n) is 1.16. The molecule has 3 nitrogen and oxygen atoms in total. The average Bonchev–Trinajstić information content (AvgIpc) is 2.16. The molecule has 0 aromatic heterocycles. The molecule has 0 aliphatic heterocycles. The summed E-state index contributed by atoms with van der Waals surface area (Å²) >= 11 is 0. The second-order valence-corrected chi connectivity index (χ2v) is 3.01.